The molecule has 1 saturated heterocycles. The molecule has 0 bridgehead atoms. The summed E-state index contributed by atoms with van der Waals surface area (Å²) < 4.78 is 0. The SMILES string of the molecule is O=C(O)c1cnc2cc(N3CCC(c4ccccn4)C3)ccc2c1. The van der Waals surface area contributed by atoms with Crippen LogP contribution in [-0.2, 0) is 0 Å². The average molecular weight is 319 g/mol. The van der Waals surface area contributed by atoms with Crippen LogP contribution in [0, 0.1) is 0 Å². The number of pyridine rings is 2. The lowest BCUT2D eigenvalue weighted by Crippen LogP contribution is -2.19. The summed E-state index contributed by atoms with van der Waals surface area (Å²) in [4.78, 5) is 22.1. The molecule has 5 nitrogen and oxygen atoms in total. The number of hydrogen-bond donors (Lipinski definition) is 1. The summed E-state index contributed by atoms with van der Waals surface area (Å²) in [5, 5.41) is 9.90. The van der Waals surface area contributed by atoms with Gasteiger partial charge in [-0.05, 0) is 36.8 Å². The van der Waals surface area contributed by atoms with Gasteiger partial charge in [-0.15, -0.1) is 0 Å². The van der Waals surface area contributed by atoms with Gasteiger partial charge < -0.3 is 10.0 Å². The normalized spacial score (nSPS) is 17.3. The van der Waals surface area contributed by atoms with Crippen molar-refractivity contribution >= 4 is 22.6 Å². The molecule has 1 aliphatic heterocycles. The highest BCUT2D eigenvalue weighted by molar-refractivity contribution is 5.93. The van der Waals surface area contributed by atoms with Crippen LogP contribution in [0.2, 0.25) is 0 Å². The molecule has 1 aliphatic rings. The quantitative estimate of drug-likeness (QED) is 0.802. The molecule has 1 N–H and O–H groups in total. The minimum Gasteiger partial charge on any atom is -0.478 e. The molecule has 2 aromatic heterocycles. The van der Waals surface area contributed by atoms with E-state index in [0.29, 0.717) is 5.92 Å². The van der Waals surface area contributed by atoms with Gasteiger partial charge in [0.15, 0.2) is 0 Å². The summed E-state index contributed by atoms with van der Waals surface area (Å²) in [5.74, 6) is -0.504. The standard InChI is InChI=1S/C19H17N3O2/c23-19(24)15-9-13-4-5-16(10-18(13)21-11-15)22-8-6-14(12-22)17-3-1-2-7-20-17/h1-5,7,9-11,14H,6,8,12H2,(H,23,24). The predicted molar refractivity (Wildman–Crippen MR) is 92.5 cm³/mol. The zero-order chi connectivity index (χ0) is 16.5. The molecule has 0 aliphatic carbocycles. The van der Waals surface area contributed by atoms with Gasteiger partial charge in [-0.25, -0.2) is 4.79 Å². The fraction of sp³-hybridized carbons (Fsp3) is 0.211. The molecule has 0 saturated carbocycles. The van der Waals surface area contributed by atoms with Crippen molar-refractivity contribution in [3.63, 3.8) is 0 Å². The van der Waals surface area contributed by atoms with Gasteiger partial charge in [-0.3, -0.25) is 9.97 Å². The molecule has 3 aromatic rings. The van der Waals surface area contributed by atoms with Crippen LogP contribution in [0.4, 0.5) is 5.69 Å². The first-order valence-electron chi connectivity index (χ1n) is 8.00. The van der Waals surface area contributed by atoms with Gasteiger partial charge in [-0.1, -0.05) is 12.1 Å². The molecule has 4 rings (SSSR count). The van der Waals surface area contributed by atoms with E-state index in [1.807, 2.05) is 36.5 Å². The van der Waals surface area contributed by atoms with Crippen LogP contribution < -0.4 is 4.90 Å². The number of carbonyl (C=O) groups is 1. The fourth-order valence-corrected chi connectivity index (χ4v) is 3.28. The van der Waals surface area contributed by atoms with Gasteiger partial charge >= 0.3 is 5.97 Å². The van der Waals surface area contributed by atoms with E-state index >= 15 is 0 Å². The summed E-state index contributed by atoms with van der Waals surface area (Å²) in [6.45, 7) is 1.93. The van der Waals surface area contributed by atoms with Gasteiger partial charge in [0.05, 0.1) is 11.1 Å². The summed E-state index contributed by atoms with van der Waals surface area (Å²) in [6, 6.07) is 13.7. The number of aromatic nitrogens is 2. The second kappa shape index (κ2) is 5.92. The molecule has 120 valence electrons. The Labute approximate surface area is 139 Å². The first-order valence-corrected chi connectivity index (χ1v) is 8.00. The Morgan fingerprint density at radius 2 is 2.08 bits per heavy atom. The number of carboxylic acid groups (broad SMARTS) is 1. The molecule has 5 heteroatoms. The maximum atomic E-state index is 11.0. The molecule has 1 fully saturated rings. The molecular weight excluding hydrogens is 302 g/mol. The van der Waals surface area contributed by atoms with Crippen LogP contribution in [-0.4, -0.2) is 34.1 Å². The largest absolute Gasteiger partial charge is 0.478 e. The van der Waals surface area contributed by atoms with Crippen molar-refractivity contribution in [2.45, 2.75) is 12.3 Å². The highest BCUT2D eigenvalue weighted by Gasteiger charge is 2.25. The monoisotopic (exact) mass is 319 g/mol. The summed E-state index contributed by atoms with van der Waals surface area (Å²) >= 11 is 0. The summed E-state index contributed by atoms with van der Waals surface area (Å²) in [7, 11) is 0. The van der Waals surface area contributed by atoms with Gasteiger partial charge in [0.1, 0.15) is 0 Å². The van der Waals surface area contributed by atoms with Crippen LogP contribution in [0.5, 0.6) is 0 Å². The number of nitrogens with zero attached hydrogens (tertiary/aromatic N) is 3. The molecule has 1 atom stereocenters. The molecular formula is C19H17N3O2. The number of benzene rings is 1. The maximum Gasteiger partial charge on any atom is 0.337 e. The van der Waals surface area contributed by atoms with Crippen LogP contribution in [0.25, 0.3) is 10.9 Å². The molecule has 0 radical (unpaired) electrons. The Balaban J connectivity index is 1.58. The van der Waals surface area contributed by atoms with Crippen LogP contribution in [0.15, 0.2) is 54.9 Å². The minimum absolute atomic E-state index is 0.214. The Hall–Kier alpha value is -2.95. The molecule has 0 spiro atoms. The minimum atomic E-state index is -0.953. The van der Waals surface area contributed by atoms with E-state index in [1.165, 1.54) is 6.20 Å². The van der Waals surface area contributed by atoms with Crippen molar-refractivity contribution in [2.24, 2.45) is 0 Å². The first kappa shape index (κ1) is 14.6. The second-order valence-corrected chi connectivity index (χ2v) is 6.09. The Kier molecular flexibility index (Phi) is 3.61. The number of hydrogen-bond acceptors (Lipinski definition) is 4. The summed E-state index contributed by atoms with van der Waals surface area (Å²) in [5.41, 5.74) is 3.30. The topological polar surface area (TPSA) is 66.3 Å². The maximum absolute atomic E-state index is 11.0. The number of fused-ring (bicyclic) bond motifs is 1. The number of carboxylic acids is 1. The highest BCUT2D eigenvalue weighted by Crippen LogP contribution is 2.31. The van der Waals surface area contributed by atoms with Gasteiger partial charge in [0.2, 0.25) is 0 Å². The van der Waals surface area contributed by atoms with Gasteiger partial charge in [0.25, 0.3) is 0 Å². The second-order valence-electron chi connectivity index (χ2n) is 6.09. The van der Waals surface area contributed by atoms with Crippen LogP contribution >= 0.6 is 0 Å². The molecule has 3 heterocycles. The van der Waals surface area contributed by atoms with Gasteiger partial charge in [0, 0.05) is 48.2 Å². The third-order valence-corrected chi connectivity index (χ3v) is 4.57. The van der Waals surface area contributed by atoms with E-state index in [-0.39, 0.29) is 5.56 Å². The van der Waals surface area contributed by atoms with Crippen molar-refractivity contribution in [3.05, 3.63) is 66.1 Å². The Bertz CT molecular complexity index is 896. The number of aromatic carboxylic acids is 1. The lowest BCUT2D eigenvalue weighted by Gasteiger charge is -2.19. The highest BCUT2D eigenvalue weighted by atomic mass is 16.4. The van der Waals surface area contributed by atoms with E-state index < -0.39 is 5.97 Å². The smallest absolute Gasteiger partial charge is 0.337 e. The third kappa shape index (κ3) is 2.69. The third-order valence-electron chi connectivity index (χ3n) is 4.57. The van der Waals surface area contributed by atoms with E-state index in [1.54, 1.807) is 6.07 Å². The van der Waals surface area contributed by atoms with Crippen LogP contribution in [0.3, 0.4) is 0 Å². The number of rotatable bonds is 3. The van der Waals surface area contributed by atoms with E-state index in [2.05, 4.69) is 20.9 Å². The molecule has 0 amide bonds. The van der Waals surface area contributed by atoms with Crippen molar-refractivity contribution in [1.82, 2.24) is 9.97 Å². The molecule has 1 unspecified atom stereocenters. The Morgan fingerprint density at radius 3 is 2.88 bits per heavy atom. The van der Waals surface area contributed by atoms with E-state index in [0.717, 1.165) is 41.8 Å². The molecule has 24 heavy (non-hydrogen) atoms. The zero-order valence-electron chi connectivity index (χ0n) is 13.1. The lowest BCUT2D eigenvalue weighted by molar-refractivity contribution is 0.0696. The van der Waals surface area contributed by atoms with E-state index in [4.69, 9.17) is 5.11 Å². The first-order chi connectivity index (χ1) is 11.7. The summed E-state index contributed by atoms with van der Waals surface area (Å²) in [6.07, 6.45) is 4.34. The lowest BCUT2D eigenvalue weighted by atomic mass is 10.0. The van der Waals surface area contributed by atoms with Crippen molar-refractivity contribution in [2.75, 3.05) is 18.0 Å². The van der Waals surface area contributed by atoms with E-state index in [9.17, 15) is 4.79 Å². The van der Waals surface area contributed by atoms with Gasteiger partial charge in [-0.2, -0.15) is 0 Å². The van der Waals surface area contributed by atoms with Crippen molar-refractivity contribution < 1.29 is 9.90 Å². The average Bonchev–Trinajstić information content (AvgIpc) is 3.11. The van der Waals surface area contributed by atoms with Crippen molar-refractivity contribution in [1.29, 1.82) is 0 Å². The Morgan fingerprint density at radius 1 is 1.17 bits per heavy atom. The molecule has 1 aromatic carbocycles. The predicted octanol–water partition coefficient (Wildman–Crippen LogP) is 3.32. The fourth-order valence-electron chi connectivity index (χ4n) is 3.28. The number of anilines is 1. The zero-order valence-corrected chi connectivity index (χ0v) is 13.1. The van der Waals surface area contributed by atoms with Crippen LogP contribution in [0.1, 0.15) is 28.4 Å². The van der Waals surface area contributed by atoms with Crippen molar-refractivity contribution in [3.8, 4) is 0 Å².